The smallest absolute Gasteiger partial charge is 0.266 e. The number of ether oxygens (including phenoxy) is 1. The van der Waals surface area contributed by atoms with Gasteiger partial charge in [0, 0.05) is 12.7 Å². The quantitative estimate of drug-likeness (QED) is 0.743. The number of thiophene rings is 1. The van der Waals surface area contributed by atoms with Crippen LogP contribution in [0.25, 0.3) is 10.2 Å². The SMILES string of the molecule is CCCOc1ccc(NC(=O)c2sc3ncn(C)c(=O)c3c2C)c(C)c1. The fraction of sp³-hybridized carbons (Fsp3) is 0.316. The topological polar surface area (TPSA) is 73.2 Å². The first-order chi connectivity index (χ1) is 12.4. The summed E-state index contributed by atoms with van der Waals surface area (Å²) in [5, 5.41) is 3.43. The summed E-state index contributed by atoms with van der Waals surface area (Å²) in [6.07, 6.45) is 2.41. The normalized spacial score (nSPS) is 10.9. The van der Waals surface area contributed by atoms with Gasteiger partial charge in [-0.2, -0.15) is 0 Å². The Hall–Kier alpha value is -2.67. The lowest BCUT2D eigenvalue weighted by molar-refractivity contribution is 0.103. The van der Waals surface area contributed by atoms with Gasteiger partial charge in [0.2, 0.25) is 0 Å². The molecule has 0 spiro atoms. The standard InChI is InChI=1S/C19H21N3O3S/c1-5-8-25-13-6-7-14(11(2)9-13)21-17(23)16-12(3)15-18(26-16)20-10-22(4)19(15)24/h6-7,9-10H,5,8H2,1-4H3,(H,21,23). The number of carbonyl (C=O) groups excluding carboxylic acids is 1. The van der Waals surface area contributed by atoms with Crippen molar-refractivity contribution in [2.24, 2.45) is 7.05 Å². The van der Waals surface area contributed by atoms with Gasteiger partial charge in [0.1, 0.15) is 10.6 Å². The van der Waals surface area contributed by atoms with E-state index >= 15 is 0 Å². The summed E-state index contributed by atoms with van der Waals surface area (Å²) < 4.78 is 7.03. The number of hydrogen-bond donors (Lipinski definition) is 1. The minimum Gasteiger partial charge on any atom is -0.494 e. The van der Waals surface area contributed by atoms with Crippen LogP contribution in [0.1, 0.15) is 34.1 Å². The van der Waals surface area contributed by atoms with Crippen molar-refractivity contribution in [3.8, 4) is 5.75 Å². The number of hydrogen-bond acceptors (Lipinski definition) is 5. The van der Waals surface area contributed by atoms with Crippen molar-refractivity contribution in [1.29, 1.82) is 0 Å². The molecule has 0 atom stereocenters. The highest BCUT2D eigenvalue weighted by Gasteiger charge is 2.19. The third kappa shape index (κ3) is 3.35. The van der Waals surface area contributed by atoms with Gasteiger partial charge < -0.3 is 14.6 Å². The fourth-order valence-corrected chi connectivity index (χ4v) is 3.73. The van der Waals surface area contributed by atoms with Crippen LogP contribution in [-0.2, 0) is 7.05 Å². The van der Waals surface area contributed by atoms with Crippen LogP contribution in [0.2, 0.25) is 0 Å². The van der Waals surface area contributed by atoms with Gasteiger partial charge in [0.25, 0.3) is 11.5 Å². The average molecular weight is 371 g/mol. The van der Waals surface area contributed by atoms with Crippen molar-refractivity contribution in [1.82, 2.24) is 9.55 Å². The summed E-state index contributed by atoms with van der Waals surface area (Å²) in [5.41, 5.74) is 2.16. The predicted molar refractivity (Wildman–Crippen MR) is 105 cm³/mol. The van der Waals surface area contributed by atoms with Crippen LogP contribution in [0.5, 0.6) is 5.75 Å². The third-order valence-corrected chi connectivity index (χ3v) is 5.33. The Morgan fingerprint density at radius 2 is 2.12 bits per heavy atom. The summed E-state index contributed by atoms with van der Waals surface area (Å²) in [4.78, 5) is 30.4. The first-order valence-corrected chi connectivity index (χ1v) is 9.23. The number of carbonyl (C=O) groups is 1. The van der Waals surface area contributed by atoms with Crippen molar-refractivity contribution in [3.05, 3.63) is 50.9 Å². The van der Waals surface area contributed by atoms with E-state index in [4.69, 9.17) is 4.74 Å². The van der Waals surface area contributed by atoms with Gasteiger partial charge in [-0.05, 0) is 49.6 Å². The van der Waals surface area contributed by atoms with Crippen LogP contribution in [0.15, 0.2) is 29.3 Å². The highest BCUT2D eigenvalue weighted by molar-refractivity contribution is 7.20. The molecule has 0 radical (unpaired) electrons. The maximum Gasteiger partial charge on any atom is 0.266 e. The van der Waals surface area contributed by atoms with Gasteiger partial charge in [0.15, 0.2) is 0 Å². The highest BCUT2D eigenvalue weighted by Crippen LogP contribution is 2.28. The number of aromatic nitrogens is 2. The van der Waals surface area contributed by atoms with Crippen LogP contribution in [0.3, 0.4) is 0 Å². The fourth-order valence-electron chi connectivity index (χ4n) is 2.69. The number of nitrogens with one attached hydrogen (secondary N) is 1. The molecule has 1 amide bonds. The summed E-state index contributed by atoms with van der Waals surface area (Å²) in [6.45, 7) is 6.42. The molecular formula is C19H21N3O3S. The van der Waals surface area contributed by atoms with Crippen molar-refractivity contribution >= 4 is 33.1 Å². The van der Waals surface area contributed by atoms with Crippen LogP contribution in [-0.4, -0.2) is 22.1 Å². The molecule has 1 aromatic carbocycles. The third-order valence-electron chi connectivity index (χ3n) is 4.14. The molecule has 0 fully saturated rings. The molecule has 0 bridgehead atoms. The molecule has 3 aromatic rings. The van der Waals surface area contributed by atoms with Crippen LogP contribution in [0, 0.1) is 13.8 Å². The Bertz CT molecular complexity index is 1040. The number of aryl methyl sites for hydroxylation is 3. The molecule has 6 nitrogen and oxygen atoms in total. The van der Waals surface area contributed by atoms with Gasteiger partial charge in [0.05, 0.1) is 23.2 Å². The van der Waals surface area contributed by atoms with E-state index < -0.39 is 0 Å². The molecule has 1 N–H and O–H groups in total. The molecule has 26 heavy (non-hydrogen) atoms. The van der Waals surface area contributed by atoms with Crippen molar-refractivity contribution in [2.45, 2.75) is 27.2 Å². The summed E-state index contributed by atoms with van der Waals surface area (Å²) in [7, 11) is 1.65. The minimum absolute atomic E-state index is 0.142. The molecule has 0 saturated carbocycles. The maximum atomic E-state index is 12.7. The highest BCUT2D eigenvalue weighted by atomic mass is 32.1. The van der Waals surface area contributed by atoms with E-state index in [1.807, 2.05) is 25.1 Å². The Morgan fingerprint density at radius 3 is 2.81 bits per heavy atom. The summed E-state index contributed by atoms with van der Waals surface area (Å²) in [5.74, 6) is 0.547. The number of fused-ring (bicyclic) bond motifs is 1. The molecule has 2 heterocycles. The van der Waals surface area contributed by atoms with Crippen molar-refractivity contribution in [3.63, 3.8) is 0 Å². The first-order valence-electron chi connectivity index (χ1n) is 8.42. The number of nitrogens with zero attached hydrogens (tertiary/aromatic N) is 2. The minimum atomic E-state index is -0.238. The molecule has 136 valence electrons. The molecule has 0 aliphatic rings. The van der Waals surface area contributed by atoms with Crippen LogP contribution in [0.4, 0.5) is 5.69 Å². The second-order valence-corrected chi connectivity index (χ2v) is 7.18. The van der Waals surface area contributed by atoms with Gasteiger partial charge in [-0.3, -0.25) is 9.59 Å². The molecule has 3 rings (SSSR count). The van der Waals surface area contributed by atoms with E-state index in [1.165, 1.54) is 22.2 Å². The van der Waals surface area contributed by atoms with Gasteiger partial charge in [-0.25, -0.2) is 4.98 Å². The average Bonchev–Trinajstić information content (AvgIpc) is 2.96. The number of rotatable bonds is 5. The van der Waals surface area contributed by atoms with Gasteiger partial charge in [-0.15, -0.1) is 11.3 Å². The predicted octanol–water partition coefficient (Wildman–Crippen LogP) is 3.65. The lowest BCUT2D eigenvalue weighted by atomic mass is 10.1. The van der Waals surface area contributed by atoms with Crippen LogP contribution < -0.4 is 15.6 Å². The molecule has 0 saturated heterocycles. The maximum absolute atomic E-state index is 12.7. The zero-order valence-corrected chi connectivity index (χ0v) is 16.1. The number of benzene rings is 1. The van der Waals surface area contributed by atoms with E-state index in [-0.39, 0.29) is 11.5 Å². The first kappa shape index (κ1) is 18.1. The molecule has 0 unspecified atom stereocenters. The number of anilines is 1. The Balaban J connectivity index is 1.89. The van der Waals surface area contributed by atoms with E-state index in [0.717, 1.165) is 23.4 Å². The molecule has 2 aromatic heterocycles. The Labute approximate surface area is 155 Å². The van der Waals surface area contributed by atoms with E-state index in [0.29, 0.717) is 27.3 Å². The van der Waals surface area contributed by atoms with Crippen LogP contribution >= 0.6 is 11.3 Å². The Kier molecular flexibility index (Phi) is 5.08. The largest absolute Gasteiger partial charge is 0.494 e. The monoisotopic (exact) mass is 371 g/mol. The number of amides is 1. The van der Waals surface area contributed by atoms with Gasteiger partial charge >= 0.3 is 0 Å². The molecule has 0 aliphatic carbocycles. The lowest BCUT2D eigenvalue weighted by Crippen LogP contribution is -2.17. The van der Waals surface area contributed by atoms with E-state index in [2.05, 4.69) is 17.2 Å². The summed E-state index contributed by atoms with van der Waals surface area (Å²) in [6, 6.07) is 5.58. The molecule has 7 heteroatoms. The van der Waals surface area contributed by atoms with Crippen molar-refractivity contribution in [2.75, 3.05) is 11.9 Å². The second kappa shape index (κ2) is 7.29. The molecule has 0 aliphatic heterocycles. The van der Waals surface area contributed by atoms with Crippen molar-refractivity contribution < 1.29 is 9.53 Å². The zero-order valence-electron chi connectivity index (χ0n) is 15.3. The zero-order chi connectivity index (χ0) is 18.8. The summed E-state index contributed by atoms with van der Waals surface area (Å²) >= 11 is 1.23. The molecular weight excluding hydrogens is 350 g/mol. The lowest BCUT2D eigenvalue weighted by Gasteiger charge is -2.11. The second-order valence-electron chi connectivity index (χ2n) is 6.18. The Morgan fingerprint density at radius 1 is 1.35 bits per heavy atom. The van der Waals surface area contributed by atoms with E-state index in [1.54, 1.807) is 14.0 Å². The van der Waals surface area contributed by atoms with E-state index in [9.17, 15) is 9.59 Å². The van der Waals surface area contributed by atoms with Gasteiger partial charge in [-0.1, -0.05) is 6.92 Å².